The van der Waals surface area contributed by atoms with Crippen molar-refractivity contribution in [3.05, 3.63) is 0 Å². The summed E-state index contributed by atoms with van der Waals surface area (Å²) in [6, 6.07) is 3.96. The average Bonchev–Trinajstić information content (AvgIpc) is 3.19. The van der Waals surface area contributed by atoms with Gasteiger partial charge in [-0.2, -0.15) is 5.26 Å². The lowest BCUT2D eigenvalue weighted by Gasteiger charge is -2.28. The fourth-order valence-corrected chi connectivity index (χ4v) is 4.48. The van der Waals surface area contributed by atoms with Crippen molar-refractivity contribution in [3.8, 4) is 6.07 Å². The molecule has 3 rings (SSSR count). The van der Waals surface area contributed by atoms with Gasteiger partial charge in [0.1, 0.15) is 5.54 Å². The Hall–Kier alpha value is -0.630. The van der Waals surface area contributed by atoms with Crippen LogP contribution in [0.5, 0.6) is 0 Å². The number of hydrogen-bond donors (Lipinski definition) is 1. The highest BCUT2D eigenvalue weighted by Gasteiger charge is 2.43. The maximum Gasteiger partial charge on any atom is 0.108 e. The largest absolute Gasteiger partial charge is 0.300 e. The minimum absolute atomic E-state index is 0.245. The summed E-state index contributed by atoms with van der Waals surface area (Å²) in [5, 5.41) is 12.9. The molecule has 3 unspecified atom stereocenters. The molecule has 112 valence electrons. The van der Waals surface area contributed by atoms with Gasteiger partial charge in [0.05, 0.1) is 6.07 Å². The Labute approximate surface area is 123 Å². The van der Waals surface area contributed by atoms with E-state index in [1.54, 1.807) is 0 Å². The smallest absolute Gasteiger partial charge is 0.108 e. The molecule has 0 amide bonds. The molecule has 0 bridgehead atoms. The van der Waals surface area contributed by atoms with Crippen molar-refractivity contribution in [1.29, 1.82) is 5.26 Å². The summed E-state index contributed by atoms with van der Waals surface area (Å²) in [6.07, 6.45) is 7.33. The van der Waals surface area contributed by atoms with Gasteiger partial charge in [0.2, 0.25) is 0 Å². The normalized spacial score (nSPS) is 39.4. The van der Waals surface area contributed by atoms with Crippen LogP contribution in [0.15, 0.2) is 0 Å². The van der Waals surface area contributed by atoms with E-state index in [9.17, 15) is 5.26 Å². The van der Waals surface area contributed by atoms with Crippen molar-refractivity contribution < 1.29 is 0 Å². The minimum Gasteiger partial charge on any atom is -0.300 e. The number of hydrogen-bond acceptors (Lipinski definition) is 4. The van der Waals surface area contributed by atoms with E-state index in [2.05, 4.69) is 28.1 Å². The molecule has 2 saturated heterocycles. The van der Waals surface area contributed by atoms with Gasteiger partial charge in [-0.05, 0) is 58.2 Å². The molecule has 3 atom stereocenters. The van der Waals surface area contributed by atoms with Gasteiger partial charge in [0, 0.05) is 25.2 Å². The summed E-state index contributed by atoms with van der Waals surface area (Å²) in [4.78, 5) is 5.36. The fraction of sp³-hybridized carbons (Fsp3) is 0.938. The third kappa shape index (κ3) is 2.72. The maximum atomic E-state index is 9.49. The first-order valence-corrected chi connectivity index (χ1v) is 8.41. The zero-order valence-corrected chi connectivity index (χ0v) is 12.8. The lowest BCUT2D eigenvalue weighted by atomic mass is 9.99. The SMILES string of the molecule is CCNC1(C#N)CCC(N2CCC(N3CCCC3)C2)C1. The van der Waals surface area contributed by atoms with Crippen LogP contribution in [-0.2, 0) is 0 Å². The molecule has 0 aromatic rings. The molecule has 0 aromatic carbocycles. The molecule has 1 saturated carbocycles. The van der Waals surface area contributed by atoms with Crippen LogP contribution in [0.4, 0.5) is 0 Å². The van der Waals surface area contributed by atoms with Crippen molar-refractivity contribution >= 4 is 0 Å². The van der Waals surface area contributed by atoms with Gasteiger partial charge in [0.25, 0.3) is 0 Å². The Morgan fingerprint density at radius 1 is 1.15 bits per heavy atom. The van der Waals surface area contributed by atoms with Crippen molar-refractivity contribution in [2.24, 2.45) is 0 Å². The van der Waals surface area contributed by atoms with Crippen LogP contribution in [0, 0.1) is 11.3 Å². The van der Waals surface area contributed by atoms with Crippen molar-refractivity contribution in [3.63, 3.8) is 0 Å². The van der Waals surface area contributed by atoms with E-state index >= 15 is 0 Å². The maximum absolute atomic E-state index is 9.49. The molecule has 2 heterocycles. The molecule has 20 heavy (non-hydrogen) atoms. The van der Waals surface area contributed by atoms with Gasteiger partial charge in [0.15, 0.2) is 0 Å². The van der Waals surface area contributed by atoms with Crippen LogP contribution >= 0.6 is 0 Å². The molecule has 4 nitrogen and oxygen atoms in total. The molecule has 3 aliphatic rings. The highest BCUT2D eigenvalue weighted by atomic mass is 15.3. The quantitative estimate of drug-likeness (QED) is 0.846. The molecule has 1 aliphatic carbocycles. The van der Waals surface area contributed by atoms with E-state index in [0.29, 0.717) is 6.04 Å². The van der Waals surface area contributed by atoms with Gasteiger partial charge in [-0.25, -0.2) is 0 Å². The van der Waals surface area contributed by atoms with Crippen molar-refractivity contribution in [2.75, 3.05) is 32.7 Å². The second-order valence-electron chi connectivity index (χ2n) is 6.80. The van der Waals surface area contributed by atoms with Gasteiger partial charge < -0.3 is 0 Å². The fourth-order valence-electron chi connectivity index (χ4n) is 4.48. The molecule has 3 fully saturated rings. The molecule has 4 heteroatoms. The summed E-state index contributed by atoms with van der Waals surface area (Å²) in [5.41, 5.74) is -0.245. The predicted octanol–water partition coefficient (Wildman–Crippen LogP) is 1.58. The summed E-state index contributed by atoms with van der Waals surface area (Å²) in [6.45, 7) is 8.09. The molecule has 2 aliphatic heterocycles. The third-order valence-corrected chi connectivity index (χ3v) is 5.59. The molecule has 1 N–H and O–H groups in total. The van der Waals surface area contributed by atoms with E-state index < -0.39 is 0 Å². The Morgan fingerprint density at radius 3 is 2.65 bits per heavy atom. The Kier molecular flexibility index (Phi) is 4.30. The standard InChI is InChI=1S/C16H28N4/c1-2-18-16(13-17)7-5-14(11-16)20-10-6-15(12-20)19-8-3-4-9-19/h14-15,18H,2-12H2,1H3. The summed E-state index contributed by atoms with van der Waals surface area (Å²) < 4.78 is 0. The molecular formula is C16H28N4. The minimum atomic E-state index is -0.245. The van der Waals surface area contributed by atoms with Crippen molar-refractivity contribution in [2.45, 2.75) is 63.1 Å². The first kappa shape index (κ1) is 14.3. The van der Waals surface area contributed by atoms with Gasteiger partial charge in [-0.1, -0.05) is 6.92 Å². The van der Waals surface area contributed by atoms with E-state index in [1.165, 1.54) is 51.9 Å². The van der Waals surface area contributed by atoms with E-state index in [1.807, 2.05) is 0 Å². The second kappa shape index (κ2) is 6.01. The van der Waals surface area contributed by atoms with Crippen molar-refractivity contribution in [1.82, 2.24) is 15.1 Å². The molecule has 0 radical (unpaired) electrons. The topological polar surface area (TPSA) is 42.3 Å². The summed E-state index contributed by atoms with van der Waals surface area (Å²) in [7, 11) is 0. The summed E-state index contributed by atoms with van der Waals surface area (Å²) in [5.74, 6) is 0. The van der Waals surface area contributed by atoms with Gasteiger partial charge in [-0.3, -0.25) is 15.1 Å². The number of nitriles is 1. The number of likely N-dealkylation sites (tertiary alicyclic amines) is 2. The Balaban J connectivity index is 1.55. The summed E-state index contributed by atoms with van der Waals surface area (Å²) >= 11 is 0. The number of nitrogens with zero attached hydrogens (tertiary/aromatic N) is 3. The second-order valence-corrected chi connectivity index (χ2v) is 6.80. The lowest BCUT2D eigenvalue weighted by molar-refractivity contribution is 0.197. The first-order valence-electron chi connectivity index (χ1n) is 8.41. The highest BCUT2D eigenvalue weighted by molar-refractivity contribution is 5.13. The highest BCUT2D eigenvalue weighted by Crippen LogP contribution is 2.35. The zero-order valence-electron chi connectivity index (χ0n) is 12.8. The molecular weight excluding hydrogens is 248 g/mol. The first-order chi connectivity index (χ1) is 9.76. The van der Waals surface area contributed by atoms with Crippen LogP contribution in [0.25, 0.3) is 0 Å². The monoisotopic (exact) mass is 276 g/mol. The Morgan fingerprint density at radius 2 is 1.95 bits per heavy atom. The number of nitrogens with one attached hydrogen (secondary N) is 1. The van der Waals surface area contributed by atoms with Crippen LogP contribution < -0.4 is 5.32 Å². The molecule has 0 aromatic heterocycles. The zero-order chi connectivity index (χ0) is 14.0. The Bertz CT molecular complexity index is 371. The van der Waals surface area contributed by atoms with Crippen LogP contribution in [0.3, 0.4) is 0 Å². The van der Waals surface area contributed by atoms with E-state index in [4.69, 9.17) is 0 Å². The van der Waals surface area contributed by atoms with E-state index in [-0.39, 0.29) is 5.54 Å². The third-order valence-electron chi connectivity index (χ3n) is 5.59. The lowest BCUT2D eigenvalue weighted by Crippen LogP contribution is -2.44. The van der Waals surface area contributed by atoms with Crippen LogP contribution in [-0.4, -0.2) is 60.1 Å². The van der Waals surface area contributed by atoms with Gasteiger partial charge >= 0.3 is 0 Å². The number of rotatable bonds is 4. The average molecular weight is 276 g/mol. The van der Waals surface area contributed by atoms with Crippen LogP contribution in [0.1, 0.15) is 45.4 Å². The van der Waals surface area contributed by atoms with Gasteiger partial charge in [-0.15, -0.1) is 0 Å². The van der Waals surface area contributed by atoms with Crippen LogP contribution in [0.2, 0.25) is 0 Å². The van der Waals surface area contributed by atoms with E-state index in [0.717, 1.165) is 25.4 Å². The molecule has 0 spiro atoms. The predicted molar refractivity (Wildman–Crippen MR) is 80.4 cm³/mol.